The molecule has 1 unspecified atom stereocenters. The molecule has 2 aliphatic rings. The predicted molar refractivity (Wildman–Crippen MR) is 114 cm³/mol. The van der Waals surface area contributed by atoms with Gasteiger partial charge in [-0.1, -0.05) is 32.4 Å². The van der Waals surface area contributed by atoms with Crippen molar-refractivity contribution in [3.63, 3.8) is 0 Å². The van der Waals surface area contributed by atoms with Gasteiger partial charge in [-0.2, -0.15) is 4.89 Å². The fourth-order valence-electron chi connectivity index (χ4n) is 4.15. The van der Waals surface area contributed by atoms with Crippen molar-refractivity contribution in [3.05, 3.63) is 0 Å². The third kappa shape index (κ3) is 20.5. The molecule has 25 heteroatoms. The summed E-state index contributed by atoms with van der Waals surface area (Å²) in [6.45, 7) is 9.15. The van der Waals surface area contributed by atoms with Gasteiger partial charge in [-0.3, -0.25) is 0 Å². The van der Waals surface area contributed by atoms with Crippen LogP contribution in [0, 0.1) is 0 Å². The molecular formula is C22H21O18Y7-7. The van der Waals surface area contributed by atoms with Gasteiger partial charge in [-0.25, -0.2) is 6.29 Å². The first-order valence-electron chi connectivity index (χ1n) is 11.2. The minimum Gasteiger partial charge on any atom is -0.646 e. The van der Waals surface area contributed by atoms with Crippen LogP contribution in [0.15, 0.2) is 0 Å². The minimum absolute atomic E-state index is 0. The van der Waals surface area contributed by atoms with E-state index in [1.807, 2.05) is 0 Å². The van der Waals surface area contributed by atoms with Crippen molar-refractivity contribution >= 4 is 45.1 Å². The van der Waals surface area contributed by atoms with Gasteiger partial charge in [0.15, 0.2) is 12.4 Å². The van der Waals surface area contributed by atoms with E-state index in [1.165, 1.54) is 6.29 Å². The summed E-state index contributed by atoms with van der Waals surface area (Å²) in [5, 5.41) is 0. The molecule has 0 N–H and O–H groups in total. The Labute approximate surface area is 445 Å². The monoisotopic (exact) mass is 1200 g/mol. The van der Waals surface area contributed by atoms with E-state index in [-0.39, 0.29) is 229 Å². The molecular weight excluding hydrogens is 1170 g/mol. The molecule has 1 saturated carbocycles. The van der Waals surface area contributed by atoms with Crippen LogP contribution in [0.2, 0.25) is 0 Å². The van der Waals surface area contributed by atoms with Crippen molar-refractivity contribution in [1.82, 2.24) is 0 Å². The van der Waals surface area contributed by atoms with Gasteiger partial charge in [0.1, 0.15) is 30.5 Å². The Morgan fingerprint density at radius 2 is 1.02 bits per heavy atom. The van der Waals surface area contributed by atoms with E-state index in [2.05, 4.69) is 4.89 Å². The maximum atomic E-state index is 11.3. The largest absolute Gasteiger partial charge is 0.646 e. The zero-order valence-corrected chi connectivity index (χ0v) is 44.5. The molecule has 2 rings (SSSR count). The van der Waals surface area contributed by atoms with E-state index in [9.17, 15) is 33.6 Å². The normalized spacial score (nSPS) is 28.5. The topological polar surface area (TPSA) is 221 Å². The zero-order valence-electron chi connectivity index (χ0n) is 24.7. The molecule has 0 spiro atoms. The Hall–Kier alpha value is 4.02. The quantitative estimate of drug-likeness (QED) is 0.0514. The first-order chi connectivity index (χ1) is 19.4. The number of ether oxygens (including phenoxy) is 9. The molecule has 10 atom stereocenters. The van der Waals surface area contributed by atoms with Crippen molar-refractivity contribution in [1.29, 1.82) is 0 Å². The summed E-state index contributed by atoms with van der Waals surface area (Å²) in [6, 6.07) is 0. The summed E-state index contributed by atoms with van der Waals surface area (Å²) in [5.41, 5.74) is 0. The molecule has 18 nitrogen and oxygen atoms in total. The molecule has 0 bridgehead atoms. The van der Waals surface area contributed by atoms with E-state index >= 15 is 0 Å². The molecule has 0 aromatic heterocycles. The smallest absolute Gasteiger partial charge is 0.231 e. The van der Waals surface area contributed by atoms with Crippen LogP contribution in [0.25, 0.3) is 0 Å². The maximum absolute atomic E-state index is 11.3. The van der Waals surface area contributed by atoms with Crippen molar-refractivity contribution in [2.75, 3.05) is 6.61 Å². The SMILES string of the molecule is CC(C)OC1O[C@H](OO[C-]=O)[C@@H](O[C@@H]2C[C@H](OC[C-]=O)[C@H](O[C-]=O)[C@H](O[C-]=O)[C@H]2O[C-]=O)[C@H](O[C-]=O)[C@H]1O[C-]=O.[Y].[Y].[Y].[Y].[Y].[Y].[Y]. The van der Waals surface area contributed by atoms with Crippen LogP contribution in [0.4, 0.5) is 0 Å². The fourth-order valence-corrected chi connectivity index (χ4v) is 4.15. The van der Waals surface area contributed by atoms with E-state index in [4.69, 9.17) is 47.5 Å². The van der Waals surface area contributed by atoms with Crippen LogP contribution >= 0.6 is 0 Å². The number of hydrogen-bond acceptors (Lipinski definition) is 18. The molecule has 47 heavy (non-hydrogen) atoms. The van der Waals surface area contributed by atoms with Gasteiger partial charge in [0.25, 0.3) is 0 Å². The van der Waals surface area contributed by atoms with Crippen LogP contribution in [-0.2, 0) is 315 Å². The molecule has 1 heterocycles. The second-order valence-electron chi connectivity index (χ2n) is 8.02. The van der Waals surface area contributed by atoms with E-state index in [1.54, 1.807) is 13.8 Å². The van der Waals surface area contributed by atoms with Gasteiger partial charge < -0.3 is 81.1 Å². The van der Waals surface area contributed by atoms with Gasteiger partial charge in [0.05, 0.1) is 18.3 Å². The van der Waals surface area contributed by atoms with Crippen molar-refractivity contribution < 1.29 is 315 Å². The summed E-state index contributed by atoms with van der Waals surface area (Å²) >= 11 is 0. The standard InChI is InChI=1S/C22H21O18.7Y/c1-12(2)37-21-19(35-10-28)18(34-9-27)20(22(39-21)40-36-11-29)38-14-5-13(30-4-3-23)15(31-6-24)17(33-8-26)16(14)32-7-25;;;;;;;/h12-22H,4-5H2,1-2H3;;;;;;;/q-7;;;;;;;/t13-,14+,15-,16-,17-,18+,19+,20-,21?,22+;;;;;;;/m0......./s1. The molecule has 1 aliphatic heterocycles. The van der Waals surface area contributed by atoms with Crippen LogP contribution in [-0.4, -0.2) is 119 Å². The maximum Gasteiger partial charge on any atom is 0.231 e. The molecule has 0 aromatic rings. The zero-order chi connectivity index (χ0) is 29.5. The second kappa shape index (κ2) is 37.0. The Balaban J connectivity index is -0.000000600. The van der Waals surface area contributed by atoms with Crippen molar-refractivity contribution in [3.8, 4) is 0 Å². The van der Waals surface area contributed by atoms with E-state index in [0.29, 0.717) is 0 Å². The number of carbonyl (C=O) groups excluding carboxylic acids is 7. The molecule has 2 fully saturated rings. The Kier molecular flexibility index (Phi) is 49.5. The van der Waals surface area contributed by atoms with E-state index < -0.39 is 80.5 Å². The summed E-state index contributed by atoms with van der Waals surface area (Å²) in [7, 11) is 0. The molecule has 245 valence electrons. The second-order valence-corrected chi connectivity index (χ2v) is 8.02. The van der Waals surface area contributed by atoms with Crippen LogP contribution in [0.1, 0.15) is 20.3 Å². The van der Waals surface area contributed by atoms with Gasteiger partial charge in [0, 0.05) is 235 Å². The third-order valence-electron chi connectivity index (χ3n) is 5.49. The molecule has 0 aromatic carbocycles. The molecule has 0 amide bonds. The Morgan fingerprint density at radius 1 is 0.574 bits per heavy atom. The van der Waals surface area contributed by atoms with Crippen molar-refractivity contribution in [2.24, 2.45) is 0 Å². The first-order valence-corrected chi connectivity index (χ1v) is 11.2. The average molecular weight is 1200 g/mol. The Morgan fingerprint density at radius 3 is 1.47 bits per heavy atom. The van der Waals surface area contributed by atoms with Gasteiger partial charge >= 0.3 is 0 Å². The number of rotatable bonds is 20. The summed E-state index contributed by atoms with van der Waals surface area (Å²) in [5.74, 6) is 0. The minimum atomic E-state index is -1.81. The number of hydrogen-bond donors (Lipinski definition) is 0. The van der Waals surface area contributed by atoms with Crippen LogP contribution in [0.3, 0.4) is 0 Å². The third-order valence-corrected chi connectivity index (χ3v) is 5.49. The van der Waals surface area contributed by atoms with Crippen LogP contribution < -0.4 is 0 Å². The molecule has 7 radical (unpaired) electrons. The van der Waals surface area contributed by atoms with E-state index in [0.717, 1.165) is 38.8 Å². The average Bonchev–Trinajstić information content (AvgIpc) is 2.92. The Bertz CT molecular complexity index is 865. The summed E-state index contributed by atoms with van der Waals surface area (Å²) in [6.07, 6.45) is -15.4. The van der Waals surface area contributed by atoms with Gasteiger partial charge in [-0.15, -0.1) is 0 Å². The summed E-state index contributed by atoms with van der Waals surface area (Å²) < 4.78 is 46.7. The first kappa shape index (κ1) is 63.0. The predicted octanol–water partition coefficient (Wildman–Crippen LogP) is -2.99. The molecule has 1 saturated heterocycles. The van der Waals surface area contributed by atoms with Crippen LogP contribution in [0.5, 0.6) is 0 Å². The van der Waals surface area contributed by atoms with Crippen molar-refractivity contribution in [2.45, 2.75) is 87.8 Å². The van der Waals surface area contributed by atoms with Gasteiger partial charge in [0.2, 0.25) is 6.29 Å². The fraction of sp³-hybridized carbons (Fsp3) is 0.682. The van der Waals surface area contributed by atoms with Gasteiger partial charge in [-0.05, 0) is 26.9 Å². The summed E-state index contributed by atoms with van der Waals surface area (Å²) in [4.78, 5) is 86.2. The molecule has 1 aliphatic carbocycles.